The Morgan fingerprint density at radius 2 is 2.36 bits per heavy atom. The second-order valence-corrected chi connectivity index (χ2v) is 5.56. The smallest absolute Gasteiger partial charge is 0.157 e. The number of hydrogen-bond donors (Lipinski definition) is 2. The van der Waals surface area contributed by atoms with Gasteiger partial charge in [0.25, 0.3) is 0 Å². The molecule has 2 fully saturated rings. The van der Waals surface area contributed by atoms with Gasteiger partial charge in [0.05, 0.1) is 11.4 Å². The van der Waals surface area contributed by atoms with Gasteiger partial charge in [-0.05, 0) is 11.2 Å². The summed E-state index contributed by atoms with van der Waals surface area (Å²) in [6.45, 7) is 1.10. The van der Waals surface area contributed by atoms with Crippen LogP contribution in [-0.2, 0) is 11.2 Å². The lowest BCUT2D eigenvalue weighted by Crippen LogP contribution is -2.41. The first-order valence-corrected chi connectivity index (χ1v) is 6.33. The molecule has 0 spiro atoms. The number of hydrogen-bond acceptors (Lipinski definition) is 4. The fourth-order valence-corrected chi connectivity index (χ4v) is 3.92. The molecule has 3 nitrogen and oxygen atoms in total. The van der Waals surface area contributed by atoms with E-state index in [2.05, 4.69) is 10.6 Å². The molecule has 3 unspecified atom stereocenters. The Morgan fingerprint density at radius 3 is 2.91 bits per heavy atom. The summed E-state index contributed by atoms with van der Waals surface area (Å²) >= 11 is 1.32. The molecule has 0 amide bonds. The highest BCUT2D eigenvalue weighted by Crippen LogP contribution is 2.20. The molecule has 0 aliphatic carbocycles. The Labute approximate surface area is 73.9 Å². The molecule has 2 aliphatic heterocycles. The predicted octanol–water partition coefficient (Wildman–Crippen LogP) is -0.673. The minimum Gasteiger partial charge on any atom is -0.615 e. The molecule has 3 atom stereocenters. The van der Waals surface area contributed by atoms with Crippen LogP contribution in [0.2, 0.25) is 0 Å². The summed E-state index contributed by atoms with van der Waals surface area (Å²) in [5, 5.41) is 7.15. The van der Waals surface area contributed by atoms with Crippen molar-refractivity contribution in [1.29, 1.82) is 0 Å². The summed E-state index contributed by atoms with van der Waals surface area (Å²) in [6, 6.07) is 0.434. The molecule has 11 heavy (non-hydrogen) atoms. The average molecular weight is 192 g/mol. The van der Waals surface area contributed by atoms with E-state index in [0.717, 1.165) is 12.3 Å². The largest absolute Gasteiger partial charge is 0.615 e. The normalized spacial score (nSPS) is 45.0. The van der Waals surface area contributed by atoms with Gasteiger partial charge in [-0.2, -0.15) is 0 Å². The lowest BCUT2D eigenvalue weighted by atomic mass is 10.3. The highest BCUT2D eigenvalue weighted by molar-refractivity contribution is 8.00. The second-order valence-electron chi connectivity index (χ2n) is 2.81. The van der Waals surface area contributed by atoms with E-state index in [-0.39, 0.29) is 0 Å². The van der Waals surface area contributed by atoms with Crippen molar-refractivity contribution in [2.24, 2.45) is 0 Å². The third-order valence-corrected chi connectivity index (χ3v) is 4.50. The van der Waals surface area contributed by atoms with Gasteiger partial charge in [0.1, 0.15) is 5.75 Å². The lowest BCUT2D eigenvalue weighted by Gasteiger charge is -2.14. The van der Waals surface area contributed by atoms with E-state index in [4.69, 9.17) is 0 Å². The van der Waals surface area contributed by atoms with Gasteiger partial charge in [0.2, 0.25) is 0 Å². The van der Waals surface area contributed by atoms with Crippen LogP contribution in [0.3, 0.4) is 0 Å². The molecule has 0 radical (unpaired) electrons. The van der Waals surface area contributed by atoms with Crippen LogP contribution >= 0.6 is 11.8 Å². The van der Waals surface area contributed by atoms with Crippen molar-refractivity contribution in [1.82, 2.24) is 10.6 Å². The van der Waals surface area contributed by atoms with E-state index in [1.807, 2.05) is 11.8 Å². The van der Waals surface area contributed by atoms with Crippen molar-refractivity contribution in [3.63, 3.8) is 0 Å². The van der Waals surface area contributed by atoms with E-state index < -0.39 is 11.2 Å². The van der Waals surface area contributed by atoms with Gasteiger partial charge >= 0.3 is 0 Å². The minimum absolute atomic E-state index is 0.434. The van der Waals surface area contributed by atoms with Gasteiger partial charge in [-0.15, -0.1) is 11.8 Å². The molecule has 2 N–H and O–H groups in total. The average Bonchev–Trinajstić information content (AvgIpc) is 2.55. The molecule has 64 valence electrons. The van der Waals surface area contributed by atoms with Gasteiger partial charge in [-0.25, -0.2) is 0 Å². The fourth-order valence-electron chi connectivity index (χ4n) is 1.42. The molecule has 2 heterocycles. The minimum atomic E-state index is -0.613. The van der Waals surface area contributed by atoms with Crippen LogP contribution in [0.1, 0.15) is 0 Å². The van der Waals surface area contributed by atoms with Gasteiger partial charge in [-0.3, -0.25) is 5.32 Å². The first-order chi connectivity index (χ1) is 5.36. The van der Waals surface area contributed by atoms with Crippen LogP contribution in [0.4, 0.5) is 0 Å². The van der Waals surface area contributed by atoms with Gasteiger partial charge in [0, 0.05) is 12.3 Å². The molecule has 2 rings (SSSR count). The number of thioether (sulfide) groups is 1. The summed E-state index contributed by atoms with van der Waals surface area (Å²) in [6.07, 6.45) is 0. The Morgan fingerprint density at radius 1 is 1.45 bits per heavy atom. The highest BCUT2D eigenvalue weighted by Gasteiger charge is 2.33. The van der Waals surface area contributed by atoms with Crippen LogP contribution < -0.4 is 10.6 Å². The van der Waals surface area contributed by atoms with Crippen molar-refractivity contribution in [2.75, 3.05) is 23.9 Å². The summed E-state index contributed by atoms with van der Waals surface area (Å²) in [7, 11) is 0. The standard InChI is InChI=1S/C6H12N2OS2/c9-11-3-5(8-4-11)6-7-1-2-10-6/h5-8H,1-4H2. The van der Waals surface area contributed by atoms with E-state index >= 15 is 0 Å². The van der Waals surface area contributed by atoms with E-state index in [0.29, 0.717) is 17.3 Å². The number of nitrogens with one attached hydrogen (secondary N) is 2. The topological polar surface area (TPSA) is 47.1 Å². The Hall–Kier alpha value is 0.580. The first kappa shape index (κ1) is 8.19. The Balaban J connectivity index is 1.85. The molecule has 5 heteroatoms. The molecule has 0 saturated carbocycles. The van der Waals surface area contributed by atoms with Crippen molar-refractivity contribution in [3.05, 3.63) is 0 Å². The number of rotatable bonds is 1. The van der Waals surface area contributed by atoms with Crippen molar-refractivity contribution in [3.8, 4) is 0 Å². The van der Waals surface area contributed by atoms with Crippen LogP contribution in [0.25, 0.3) is 0 Å². The maximum absolute atomic E-state index is 11.0. The van der Waals surface area contributed by atoms with Crippen molar-refractivity contribution < 1.29 is 4.55 Å². The second kappa shape index (κ2) is 3.53. The molecule has 0 aromatic heterocycles. The van der Waals surface area contributed by atoms with Crippen LogP contribution in [0.15, 0.2) is 0 Å². The van der Waals surface area contributed by atoms with Crippen LogP contribution in [0, 0.1) is 0 Å². The maximum atomic E-state index is 11.0. The predicted molar refractivity (Wildman–Crippen MR) is 49.0 cm³/mol. The van der Waals surface area contributed by atoms with Gasteiger partial charge in [-0.1, -0.05) is 0 Å². The van der Waals surface area contributed by atoms with Crippen LogP contribution in [-0.4, -0.2) is 39.9 Å². The summed E-state index contributed by atoms with van der Waals surface area (Å²) in [4.78, 5) is 0. The van der Waals surface area contributed by atoms with E-state index in [1.165, 1.54) is 5.75 Å². The third-order valence-electron chi connectivity index (χ3n) is 1.98. The van der Waals surface area contributed by atoms with Gasteiger partial charge < -0.3 is 9.87 Å². The SMILES string of the molecule is [O-][S+]1CNC(C2NCCS2)C1. The quantitative estimate of drug-likeness (QED) is 0.541. The van der Waals surface area contributed by atoms with Crippen molar-refractivity contribution in [2.45, 2.75) is 11.4 Å². The molecular formula is C6H12N2OS2. The van der Waals surface area contributed by atoms with E-state index in [9.17, 15) is 4.55 Å². The fraction of sp³-hybridized carbons (Fsp3) is 1.00. The monoisotopic (exact) mass is 192 g/mol. The molecule has 2 aliphatic rings. The maximum Gasteiger partial charge on any atom is 0.157 e. The molecule has 0 aromatic carbocycles. The molecule has 0 aromatic rings. The van der Waals surface area contributed by atoms with E-state index in [1.54, 1.807) is 0 Å². The van der Waals surface area contributed by atoms with Crippen molar-refractivity contribution >= 4 is 22.9 Å². The zero-order valence-electron chi connectivity index (χ0n) is 6.21. The zero-order chi connectivity index (χ0) is 7.68. The Kier molecular flexibility index (Phi) is 2.63. The molecule has 0 bridgehead atoms. The molecular weight excluding hydrogens is 180 g/mol. The third kappa shape index (κ3) is 1.84. The summed E-state index contributed by atoms with van der Waals surface area (Å²) in [5.74, 6) is 2.70. The zero-order valence-corrected chi connectivity index (χ0v) is 7.84. The summed E-state index contributed by atoms with van der Waals surface area (Å²) < 4.78 is 11.0. The highest BCUT2D eigenvalue weighted by atomic mass is 32.2. The summed E-state index contributed by atoms with van der Waals surface area (Å²) in [5.41, 5.74) is 0. The molecule has 2 saturated heterocycles. The first-order valence-electron chi connectivity index (χ1n) is 3.79. The lowest BCUT2D eigenvalue weighted by molar-refractivity contribution is 0.549. The Bertz CT molecular complexity index is 141. The van der Waals surface area contributed by atoms with Crippen LogP contribution in [0.5, 0.6) is 0 Å². The van der Waals surface area contributed by atoms with Gasteiger partial charge in [0.15, 0.2) is 5.88 Å².